The zero-order chi connectivity index (χ0) is 18.4. The summed E-state index contributed by atoms with van der Waals surface area (Å²) in [6.45, 7) is 2.02. The largest absolute Gasteiger partial charge is 0.439 e. The minimum absolute atomic E-state index is 0.0217. The summed E-state index contributed by atoms with van der Waals surface area (Å²) in [6.07, 6.45) is 0.762. The molecule has 0 radical (unpaired) electrons. The van der Waals surface area contributed by atoms with Crippen LogP contribution in [0, 0.1) is 10.1 Å². The van der Waals surface area contributed by atoms with Crippen molar-refractivity contribution in [3.05, 3.63) is 82.0 Å². The smallest absolute Gasteiger partial charge is 0.269 e. The molecule has 2 aromatic carbocycles. The molecule has 0 aliphatic carbocycles. The summed E-state index contributed by atoms with van der Waals surface area (Å²) in [4.78, 5) is 19.3. The second-order valence-corrected chi connectivity index (χ2v) is 6.40. The lowest BCUT2D eigenvalue weighted by Gasteiger charge is -2.08. The van der Waals surface area contributed by atoms with Gasteiger partial charge in [0.25, 0.3) is 5.69 Å². The number of aryl methyl sites for hydroxylation is 1. The van der Waals surface area contributed by atoms with Crippen LogP contribution in [0.1, 0.15) is 18.2 Å². The molecule has 0 bridgehead atoms. The Bertz CT molecular complexity index is 886. The Morgan fingerprint density at radius 2 is 1.81 bits per heavy atom. The number of benzene rings is 2. The quantitative estimate of drug-likeness (QED) is 0.252. The fourth-order valence-corrected chi connectivity index (χ4v) is 3.05. The minimum atomic E-state index is -0.442. The highest BCUT2D eigenvalue weighted by atomic mass is 32.2. The fourth-order valence-electron chi connectivity index (χ4n) is 2.23. The second-order valence-electron chi connectivity index (χ2n) is 5.46. The number of nitro groups is 1. The number of thioether (sulfide) groups is 1. The molecule has 26 heavy (non-hydrogen) atoms. The maximum atomic E-state index is 10.7. The van der Waals surface area contributed by atoms with E-state index in [1.54, 1.807) is 30.0 Å². The molecule has 0 atom stereocenters. The second kappa shape index (κ2) is 8.44. The topological polar surface area (TPSA) is 78.2 Å². The van der Waals surface area contributed by atoms with Crippen LogP contribution < -0.4 is 4.74 Å². The number of nitro benzene ring substituents is 1. The highest BCUT2D eigenvalue weighted by Crippen LogP contribution is 2.26. The molecule has 0 N–H and O–H groups in total. The summed E-state index contributed by atoms with van der Waals surface area (Å²) in [5.41, 5.74) is 2.10. The SMILES string of the molecule is CCc1cc(Oc2ccc([N+](=O)[O-])cc2)nc(SCc2ccccc2)n1. The van der Waals surface area contributed by atoms with Crippen molar-refractivity contribution in [2.75, 3.05) is 0 Å². The summed E-state index contributed by atoms with van der Waals surface area (Å²) in [6, 6.07) is 17.8. The number of aromatic nitrogens is 2. The monoisotopic (exact) mass is 367 g/mol. The van der Waals surface area contributed by atoms with Gasteiger partial charge in [-0.05, 0) is 24.1 Å². The summed E-state index contributed by atoms with van der Waals surface area (Å²) in [5, 5.41) is 11.4. The van der Waals surface area contributed by atoms with Gasteiger partial charge in [-0.15, -0.1) is 0 Å². The number of nitrogens with zero attached hydrogens (tertiary/aromatic N) is 3. The van der Waals surface area contributed by atoms with E-state index in [2.05, 4.69) is 22.1 Å². The summed E-state index contributed by atoms with van der Waals surface area (Å²) in [7, 11) is 0. The Balaban J connectivity index is 1.75. The summed E-state index contributed by atoms with van der Waals surface area (Å²) < 4.78 is 5.76. The molecule has 0 saturated heterocycles. The Kier molecular flexibility index (Phi) is 5.80. The Labute approximate surface area is 155 Å². The van der Waals surface area contributed by atoms with Crippen molar-refractivity contribution in [1.82, 2.24) is 9.97 Å². The molecule has 0 aliphatic heterocycles. The van der Waals surface area contributed by atoms with E-state index in [-0.39, 0.29) is 5.69 Å². The number of hydrogen-bond donors (Lipinski definition) is 0. The Morgan fingerprint density at radius 3 is 2.46 bits per heavy atom. The van der Waals surface area contributed by atoms with E-state index in [9.17, 15) is 10.1 Å². The minimum Gasteiger partial charge on any atom is -0.439 e. The van der Waals surface area contributed by atoms with Crippen molar-refractivity contribution in [3.8, 4) is 11.6 Å². The lowest BCUT2D eigenvalue weighted by atomic mass is 10.2. The maximum absolute atomic E-state index is 10.7. The number of non-ortho nitro benzene ring substituents is 1. The van der Waals surface area contributed by atoms with E-state index in [0.29, 0.717) is 16.8 Å². The Hall–Kier alpha value is -2.93. The van der Waals surface area contributed by atoms with Gasteiger partial charge in [0.2, 0.25) is 5.88 Å². The van der Waals surface area contributed by atoms with E-state index in [0.717, 1.165) is 17.9 Å². The van der Waals surface area contributed by atoms with Gasteiger partial charge in [0, 0.05) is 29.6 Å². The molecule has 0 spiro atoms. The molecule has 3 aromatic rings. The van der Waals surface area contributed by atoms with Gasteiger partial charge >= 0.3 is 0 Å². The van der Waals surface area contributed by atoms with Gasteiger partial charge in [0.05, 0.1) is 4.92 Å². The van der Waals surface area contributed by atoms with Crippen LogP contribution in [0.4, 0.5) is 5.69 Å². The molecular weight excluding hydrogens is 350 g/mol. The zero-order valence-electron chi connectivity index (χ0n) is 14.2. The molecular formula is C19H17N3O3S. The molecule has 0 unspecified atom stereocenters. The maximum Gasteiger partial charge on any atom is 0.269 e. The van der Waals surface area contributed by atoms with E-state index in [4.69, 9.17) is 4.74 Å². The van der Waals surface area contributed by atoms with Crippen LogP contribution in [-0.4, -0.2) is 14.9 Å². The van der Waals surface area contributed by atoms with Gasteiger partial charge in [-0.3, -0.25) is 10.1 Å². The molecule has 0 amide bonds. The predicted octanol–water partition coefficient (Wildman–Crippen LogP) is 5.03. The first kappa shape index (κ1) is 17.9. The number of ether oxygens (including phenoxy) is 1. The number of hydrogen-bond acceptors (Lipinski definition) is 6. The predicted molar refractivity (Wildman–Crippen MR) is 101 cm³/mol. The van der Waals surface area contributed by atoms with Crippen LogP contribution in [0.15, 0.2) is 65.8 Å². The average Bonchev–Trinajstić information content (AvgIpc) is 2.67. The van der Waals surface area contributed by atoms with Gasteiger partial charge in [-0.1, -0.05) is 49.0 Å². The fraction of sp³-hybridized carbons (Fsp3) is 0.158. The summed E-state index contributed by atoms with van der Waals surface area (Å²) >= 11 is 1.54. The zero-order valence-corrected chi connectivity index (χ0v) is 15.0. The van der Waals surface area contributed by atoms with Crippen LogP contribution in [0.2, 0.25) is 0 Å². The third kappa shape index (κ3) is 4.80. The van der Waals surface area contributed by atoms with Gasteiger partial charge in [-0.2, -0.15) is 4.98 Å². The lowest BCUT2D eigenvalue weighted by Crippen LogP contribution is -1.97. The lowest BCUT2D eigenvalue weighted by molar-refractivity contribution is -0.384. The van der Waals surface area contributed by atoms with Gasteiger partial charge in [0.1, 0.15) is 5.75 Å². The van der Waals surface area contributed by atoms with Crippen LogP contribution in [0.5, 0.6) is 11.6 Å². The van der Waals surface area contributed by atoms with Gasteiger partial charge in [-0.25, -0.2) is 4.98 Å². The van der Waals surface area contributed by atoms with Crippen molar-refractivity contribution < 1.29 is 9.66 Å². The van der Waals surface area contributed by atoms with Crippen molar-refractivity contribution in [1.29, 1.82) is 0 Å². The van der Waals surface area contributed by atoms with Crippen molar-refractivity contribution >= 4 is 17.4 Å². The Morgan fingerprint density at radius 1 is 1.08 bits per heavy atom. The molecule has 3 rings (SSSR count). The summed E-state index contributed by atoms with van der Waals surface area (Å²) in [5.74, 6) is 1.70. The first-order chi connectivity index (χ1) is 12.6. The van der Waals surface area contributed by atoms with E-state index < -0.39 is 4.92 Å². The van der Waals surface area contributed by atoms with Crippen LogP contribution in [0.3, 0.4) is 0 Å². The van der Waals surface area contributed by atoms with Gasteiger partial charge < -0.3 is 4.74 Å². The average molecular weight is 367 g/mol. The van der Waals surface area contributed by atoms with E-state index in [1.165, 1.54) is 17.7 Å². The molecule has 7 heteroatoms. The highest BCUT2D eigenvalue weighted by molar-refractivity contribution is 7.98. The van der Waals surface area contributed by atoms with Crippen molar-refractivity contribution in [2.45, 2.75) is 24.3 Å². The molecule has 0 saturated carbocycles. The molecule has 0 fully saturated rings. The van der Waals surface area contributed by atoms with Gasteiger partial charge in [0.15, 0.2) is 5.16 Å². The molecule has 132 valence electrons. The number of rotatable bonds is 7. The van der Waals surface area contributed by atoms with Crippen LogP contribution in [0.25, 0.3) is 0 Å². The molecule has 6 nitrogen and oxygen atoms in total. The van der Waals surface area contributed by atoms with Crippen molar-refractivity contribution in [2.24, 2.45) is 0 Å². The molecule has 0 aliphatic rings. The highest BCUT2D eigenvalue weighted by Gasteiger charge is 2.09. The van der Waals surface area contributed by atoms with Crippen molar-refractivity contribution in [3.63, 3.8) is 0 Å². The van der Waals surface area contributed by atoms with E-state index in [1.807, 2.05) is 25.1 Å². The third-order valence-electron chi connectivity index (χ3n) is 3.58. The first-order valence-corrected chi connectivity index (χ1v) is 9.09. The third-order valence-corrected chi connectivity index (χ3v) is 4.50. The normalized spacial score (nSPS) is 10.5. The molecule has 1 heterocycles. The van der Waals surface area contributed by atoms with Crippen LogP contribution >= 0.6 is 11.8 Å². The standard InChI is InChI=1S/C19H17N3O3S/c1-2-15-12-18(25-17-10-8-16(9-11-17)22(23)24)21-19(20-15)26-13-14-6-4-3-5-7-14/h3-12H,2,13H2,1H3. The molecule has 1 aromatic heterocycles. The van der Waals surface area contributed by atoms with Crippen LogP contribution in [-0.2, 0) is 12.2 Å². The first-order valence-electron chi connectivity index (χ1n) is 8.11. The van der Waals surface area contributed by atoms with E-state index >= 15 is 0 Å².